The Kier molecular flexibility index (Phi) is 3.30. The van der Waals surface area contributed by atoms with Gasteiger partial charge in [0.1, 0.15) is 0 Å². The van der Waals surface area contributed by atoms with Crippen molar-refractivity contribution in [3.8, 4) is 0 Å². The third kappa shape index (κ3) is 2.44. The second-order valence-electron chi connectivity index (χ2n) is 4.34. The molecule has 0 bridgehead atoms. The Hall–Kier alpha value is -0.870. The minimum absolute atomic E-state index is 0.0407. The van der Waals surface area contributed by atoms with E-state index in [1.54, 1.807) is 0 Å². The fraction of sp³-hybridized carbons (Fsp3) is 0.500. The van der Waals surface area contributed by atoms with Gasteiger partial charge in [-0.1, -0.05) is 30.3 Å². The van der Waals surface area contributed by atoms with E-state index in [1.165, 1.54) is 0 Å². The largest absolute Gasteiger partial charge is 0.312 e. The van der Waals surface area contributed by atoms with E-state index < -0.39 is 9.84 Å². The Bertz CT molecular complexity index is 441. The van der Waals surface area contributed by atoms with Gasteiger partial charge in [0, 0.05) is 12.6 Å². The molecule has 0 aliphatic carbocycles. The lowest BCUT2D eigenvalue weighted by Crippen LogP contribution is -2.51. The first-order valence-electron chi connectivity index (χ1n) is 5.58. The van der Waals surface area contributed by atoms with E-state index in [0.717, 1.165) is 5.56 Å². The van der Waals surface area contributed by atoms with Crippen LogP contribution in [0.1, 0.15) is 12.5 Å². The monoisotopic (exact) mass is 239 g/mol. The molecule has 1 aliphatic rings. The minimum atomic E-state index is -2.93. The molecule has 0 radical (unpaired) electrons. The Morgan fingerprint density at radius 1 is 1.31 bits per heavy atom. The van der Waals surface area contributed by atoms with E-state index >= 15 is 0 Å². The summed E-state index contributed by atoms with van der Waals surface area (Å²) >= 11 is 0. The number of hydrogen-bond acceptors (Lipinski definition) is 3. The van der Waals surface area contributed by atoms with Crippen LogP contribution >= 0.6 is 0 Å². The van der Waals surface area contributed by atoms with Crippen molar-refractivity contribution >= 4 is 9.84 Å². The molecule has 1 aromatic rings. The highest BCUT2D eigenvalue weighted by atomic mass is 32.2. The van der Waals surface area contributed by atoms with Gasteiger partial charge in [0.2, 0.25) is 0 Å². The van der Waals surface area contributed by atoms with Crippen molar-refractivity contribution in [2.75, 3.05) is 12.3 Å². The number of sulfone groups is 1. The molecule has 2 rings (SSSR count). The summed E-state index contributed by atoms with van der Waals surface area (Å²) in [6, 6.07) is 9.85. The number of nitrogens with one attached hydrogen (secondary N) is 1. The maximum absolute atomic E-state index is 12.0. The first-order chi connectivity index (χ1) is 7.59. The van der Waals surface area contributed by atoms with Gasteiger partial charge in [-0.2, -0.15) is 0 Å². The van der Waals surface area contributed by atoms with Crippen LogP contribution < -0.4 is 5.32 Å². The second kappa shape index (κ2) is 4.55. The van der Waals surface area contributed by atoms with Gasteiger partial charge in [-0.25, -0.2) is 8.42 Å². The van der Waals surface area contributed by atoms with Gasteiger partial charge < -0.3 is 5.32 Å². The van der Waals surface area contributed by atoms with Crippen LogP contribution in [0.5, 0.6) is 0 Å². The zero-order valence-electron chi connectivity index (χ0n) is 9.39. The molecule has 1 heterocycles. The highest BCUT2D eigenvalue weighted by Gasteiger charge is 2.34. The van der Waals surface area contributed by atoms with E-state index in [1.807, 2.05) is 37.3 Å². The van der Waals surface area contributed by atoms with Crippen LogP contribution in [0.2, 0.25) is 0 Å². The van der Waals surface area contributed by atoms with Gasteiger partial charge >= 0.3 is 0 Å². The van der Waals surface area contributed by atoms with E-state index in [4.69, 9.17) is 0 Å². The molecule has 88 valence electrons. The zero-order chi connectivity index (χ0) is 11.6. The first kappa shape index (κ1) is 11.6. The maximum atomic E-state index is 12.0. The lowest BCUT2D eigenvalue weighted by atomic mass is 10.1. The lowest BCUT2D eigenvalue weighted by molar-refractivity contribution is 0.478. The predicted octanol–water partition coefficient (Wildman–Crippen LogP) is 1.00. The minimum Gasteiger partial charge on any atom is -0.312 e. The second-order valence-corrected chi connectivity index (χ2v) is 6.68. The summed E-state index contributed by atoms with van der Waals surface area (Å²) in [5, 5.41) is 2.94. The molecular weight excluding hydrogens is 222 g/mol. The molecule has 0 aromatic heterocycles. The normalized spacial score (nSPS) is 28.8. The molecule has 0 amide bonds. The van der Waals surface area contributed by atoms with Crippen molar-refractivity contribution in [2.24, 2.45) is 0 Å². The predicted molar refractivity (Wildman–Crippen MR) is 65.2 cm³/mol. The van der Waals surface area contributed by atoms with Crippen LogP contribution in [0, 0.1) is 0 Å². The molecule has 1 saturated heterocycles. The van der Waals surface area contributed by atoms with Gasteiger partial charge in [-0.3, -0.25) is 0 Å². The summed E-state index contributed by atoms with van der Waals surface area (Å²) in [6.07, 6.45) is 0.608. The molecule has 2 unspecified atom stereocenters. The van der Waals surface area contributed by atoms with Crippen molar-refractivity contribution in [1.82, 2.24) is 5.32 Å². The van der Waals surface area contributed by atoms with Crippen LogP contribution in [0.15, 0.2) is 30.3 Å². The molecule has 1 aromatic carbocycles. The lowest BCUT2D eigenvalue weighted by Gasteiger charge is -2.29. The van der Waals surface area contributed by atoms with Crippen molar-refractivity contribution in [3.05, 3.63) is 35.9 Å². The van der Waals surface area contributed by atoms with Crippen LogP contribution in [0.25, 0.3) is 0 Å². The van der Waals surface area contributed by atoms with Crippen molar-refractivity contribution in [2.45, 2.75) is 24.6 Å². The summed E-state index contributed by atoms with van der Waals surface area (Å²) in [7, 11) is -2.93. The number of hydrogen-bond donors (Lipinski definition) is 1. The maximum Gasteiger partial charge on any atom is 0.156 e. The Balaban J connectivity index is 2.19. The Labute approximate surface area is 96.8 Å². The Morgan fingerprint density at radius 2 is 2.00 bits per heavy atom. The molecule has 1 fully saturated rings. The third-order valence-corrected chi connectivity index (χ3v) is 5.42. The van der Waals surface area contributed by atoms with E-state index in [0.29, 0.717) is 13.0 Å². The first-order valence-corrected chi connectivity index (χ1v) is 7.30. The molecule has 0 saturated carbocycles. The average Bonchev–Trinajstić information content (AvgIpc) is 2.25. The quantitative estimate of drug-likeness (QED) is 0.837. The molecule has 1 N–H and O–H groups in total. The standard InChI is InChI=1S/C12H17NO2S/c1-10-12(16(14,15)8-7-13-10)9-11-5-3-2-4-6-11/h2-6,10,12-13H,7-9H2,1H3. The topological polar surface area (TPSA) is 46.2 Å². The van der Waals surface area contributed by atoms with Crippen molar-refractivity contribution < 1.29 is 8.42 Å². The van der Waals surface area contributed by atoms with Crippen LogP contribution in [-0.2, 0) is 16.3 Å². The van der Waals surface area contributed by atoms with E-state index in [-0.39, 0.29) is 17.0 Å². The zero-order valence-corrected chi connectivity index (χ0v) is 10.2. The van der Waals surface area contributed by atoms with Gasteiger partial charge in [0.25, 0.3) is 0 Å². The molecule has 0 spiro atoms. The van der Waals surface area contributed by atoms with E-state index in [2.05, 4.69) is 5.32 Å². The molecular formula is C12H17NO2S. The smallest absolute Gasteiger partial charge is 0.156 e. The average molecular weight is 239 g/mol. The van der Waals surface area contributed by atoms with Crippen LogP contribution in [-0.4, -0.2) is 32.0 Å². The summed E-state index contributed by atoms with van der Waals surface area (Å²) in [5.41, 5.74) is 1.09. The Morgan fingerprint density at radius 3 is 2.62 bits per heavy atom. The summed E-state index contributed by atoms with van der Waals surface area (Å²) < 4.78 is 23.9. The molecule has 1 aliphatic heterocycles. The van der Waals surface area contributed by atoms with Gasteiger partial charge in [0.15, 0.2) is 9.84 Å². The molecule has 2 atom stereocenters. The van der Waals surface area contributed by atoms with Gasteiger partial charge in [-0.05, 0) is 18.9 Å². The summed E-state index contributed by atoms with van der Waals surface area (Å²) in [5.74, 6) is 0.259. The molecule has 3 nitrogen and oxygen atoms in total. The summed E-state index contributed by atoms with van der Waals surface area (Å²) in [6.45, 7) is 2.53. The van der Waals surface area contributed by atoms with Gasteiger partial charge in [-0.15, -0.1) is 0 Å². The highest BCUT2D eigenvalue weighted by Crippen LogP contribution is 2.17. The highest BCUT2D eigenvalue weighted by molar-refractivity contribution is 7.92. The van der Waals surface area contributed by atoms with Crippen molar-refractivity contribution in [1.29, 1.82) is 0 Å². The number of benzene rings is 1. The molecule has 4 heteroatoms. The van der Waals surface area contributed by atoms with Crippen LogP contribution in [0.3, 0.4) is 0 Å². The number of rotatable bonds is 2. The van der Waals surface area contributed by atoms with Gasteiger partial charge in [0.05, 0.1) is 11.0 Å². The van der Waals surface area contributed by atoms with Crippen LogP contribution in [0.4, 0.5) is 0 Å². The molecule has 16 heavy (non-hydrogen) atoms. The van der Waals surface area contributed by atoms with Crippen molar-refractivity contribution in [3.63, 3.8) is 0 Å². The fourth-order valence-corrected chi connectivity index (χ4v) is 4.04. The van der Waals surface area contributed by atoms with E-state index in [9.17, 15) is 8.42 Å². The SMILES string of the molecule is CC1NCCS(=O)(=O)C1Cc1ccccc1. The summed E-state index contributed by atoms with van der Waals surface area (Å²) in [4.78, 5) is 0. The third-order valence-electron chi connectivity index (χ3n) is 3.15. The fourth-order valence-electron chi connectivity index (χ4n) is 2.17.